The number of thioether (sulfide) groups is 2. The molecule has 2 atom stereocenters. The van der Waals surface area contributed by atoms with Crippen molar-refractivity contribution in [2.75, 3.05) is 5.08 Å². The van der Waals surface area contributed by atoms with E-state index >= 15 is 0 Å². The minimum atomic E-state index is -1.13. The third kappa shape index (κ3) is 5.81. The summed E-state index contributed by atoms with van der Waals surface area (Å²) in [6, 6.07) is 0. The van der Waals surface area contributed by atoms with Crippen LogP contribution in [-0.4, -0.2) is 27.5 Å². The third-order valence-corrected chi connectivity index (χ3v) is 3.77. The van der Waals surface area contributed by atoms with Gasteiger partial charge in [-0.15, -0.1) is 23.5 Å². The molecule has 0 aromatic heterocycles. The Hall–Kier alpha value is -0.360. The van der Waals surface area contributed by atoms with Crippen LogP contribution in [0.3, 0.4) is 0 Å². The van der Waals surface area contributed by atoms with E-state index in [1.54, 1.807) is 0 Å². The first-order valence-electron chi connectivity index (χ1n) is 3.60. The second-order valence-corrected chi connectivity index (χ2v) is 5.40. The Morgan fingerprint density at radius 3 is 1.62 bits per heavy atom. The van der Waals surface area contributed by atoms with E-state index in [-0.39, 0.29) is 0 Å². The molecular weight excluding hydrogens is 212 g/mol. The second-order valence-electron chi connectivity index (χ2n) is 2.37. The Balaban J connectivity index is 3.56. The molecule has 0 aromatic carbocycles. The van der Waals surface area contributed by atoms with Crippen LogP contribution in [0.25, 0.3) is 0 Å². The van der Waals surface area contributed by atoms with E-state index in [9.17, 15) is 19.8 Å². The zero-order chi connectivity index (χ0) is 10.4. The molecule has 0 fully saturated rings. The number of rotatable bonds is 6. The summed E-state index contributed by atoms with van der Waals surface area (Å²) >= 11 is 2.28. The van der Waals surface area contributed by atoms with Gasteiger partial charge in [-0.2, -0.15) is 0 Å². The van der Waals surface area contributed by atoms with Gasteiger partial charge in [-0.25, -0.2) is 0 Å². The van der Waals surface area contributed by atoms with E-state index in [0.717, 1.165) is 23.5 Å². The van der Waals surface area contributed by atoms with E-state index < -0.39 is 22.4 Å². The van der Waals surface area contributed by atoms with Crippen molar-refractivity contribution in [1.82, 2.24) is 0 Å². The lowest BCUT2D eigenvalue weighted by Crippen LogP contribution is -2.32. The summed E-state index contributed by atoms with van der Waals surface area (Å²) in [4.78, 5) is 20.5. The van der Waals surface area contributed by atoms with Gasteiger partial charge in [0, 0.05) is 15.6 Å². The van der Waals surface area contributed by atoms with E-state index in [4.69, 9.17) is 0 Å². The maximum absolute atomic E-state index is 10.2. The molecule has 0 amide bonds. The largest absolute Gasteiger partial charge is 0.549 e. The fraction of sp³-hybridized carbons (Fsp3) is 0.714. The first-order valence-corrected chi connectivity index (χ1v) is 5.69. The highest BCUT2D eigenvalue weighted by molar-refractivity contribution is 8.17. The summed E-state index contributed by atoms with van der Waals surface area (Å²) in [5.74, 6) is -2.27. The number of hydrogen-bond acceptors (Lipinski definition) is 6. The zero-order valence-electron chi connectivity index (χ0n) is 7.31. The maximum atomic E-state index is 10.2. The Morgan fingerprint density at radius 1 is 1.08 bits per heavy atom. The highest BCUT2D eigenvalue weighted by atomic mass is 32.2. The second kappa shape index (κ2) is 6.15. The normalized spacial score (nSPS) is 14.9. The highest BCUT2D eigenvalue weighted by Gasteiger charge is 2.06. The molecular formula is C7H10O4S2-2. The van der Waals surface area contributed by atoms with Crippen molar-refractivity contribution in [2.45, 2.75) is 24.3 Å². The summed E-state index contributed by atoms with van der Waals surface area (Å²) in [6.45, 7) is 3.01. The third-order valence-electron chi connectivity index (χ3n) is 1.30. The van der Waals surface area contributed by atoms with E-state index in [1.807, 2.05) is 0 Å². The first-order chi connectivity index (χ1) is 5.95. The molecule has 0 spiro atoms. The molecule has 0 aliphatic rings. The lowest BCUT2D eigenvalue weighted by Gasteiger charge is -2.14. The van der Waals surface area contributed by atoms with E-state index in [1.165, 1.54) is 13.8 Å². The lowest BCUT2D eigenvalue weighted by molar-refractivity contribution is -0.305. The van der Waals surface area contributed by atoms with Crippen LogP contribution >= 0.6 is 23.5 Å². The molecule has 0 N–H and O–H groups in total. The van der Waals surface area contributed by atoms with Gasteiger partial charge < -0.3 is 19.8 Å². The van der Waals surface area contributed by atoms with Gasteiger partial charge in [0.15, 0.2) is 0 Å². The van der Waals surface area contributed by atoms with Crippen molar-refractivity contribution >= 4 is 35.5 Å². The van der Waals surface area contributed by atoms with Crippen LogP contribution in [0.2, 0.25) is 0 Å². The molecule has 76 valence electrons. The van der Waals surface area contributed by atoms with Crippen LogP contribution in [0, 0.1) is 0 Å². The summed E-state index contributed by atoms with van der Waals surface area (Å²) in [6.07, 6.45) is 0. The fourth-order valence-electron chi connectivity index (χ4n) is 0.379. The molecule has 0 saturated heterocycles. The molecule has 0 aliphatic carbocycles. The molecule has 0 heterocycles. The van der Waals surface area contributed by atoms with Gasteiger partial charge in [0.25, 0.3) is 0 Å². The number of carboxylic acids is 2. The van der Waals surface area contributed by atoms with Crippen LogP contribution in [0.4, 0.5) is 0 Å². The van der Waals surface area contributed by atoms with E-state index in [2.05, 4.69) is 0 Å². The molecule has 0 bridgehead atoms. The van der Waals surface area contributed by atoms with Crippen molar-refractivity contribution in [3.8, 4) is 0 Å². The molecule has 0 saturated carbocycles. The average Bonchev–Trinajstić information content (AvgIpc) is 2.03. The average molecular weight is 222 g/mol. The standard InChI is InChI=1S/C7H12O4S2/c1-4(6(8)9)12-3-13-5(2)7(10)11/h4-5H,3H2,1-2H3,(H,8,9)(H,10,11)/p-2/t4-,5+. The number of carboxylic acid groups (broad SMARTS) is 2. The SMILES string of the molecule is C[C@H](SCS[C@H](C)C(=O)[O-])C(=O)[O-]. The summed E-state index contributed by atoms with van der Waals surface area (Å²) in [7, 11) is 0. The highest BCUT2D eigenvalue weighted by Crippen LogP contribution is 2.20. The minimum absolute atomic E-state index is 0.407. The topological polar surface area (TPSA) is 80.3 Å². The van der Waals surface area contributed by atoms with Crippen molar-refractivity contribution in [3.05, 3.63) is 0 Å². The van der Waals surface area contributed by atoms with Crippen molar-refractivity contribution in [1.29, 1.82) is 0 Å². The zero-order valence-corrected chi connectivity index (χ0v) is 8.94. The number of carbonyl (C=O) groups is 2. The molecule has 0 aromatic rings. The monoisotopic (exact) mass is 222 g/mol. The van der Waals surface area contributed by atoms with Gasteiger partial charge in [0.05, 0.1) is 11.9 Å². The Kier molecular flexibility index (Phi) is 5.98. The quantitative estimate of drug-likeness (QED) is 0.519. The minimum Gasteiger partial charge on any atom is -0.549 e. The molecule has 13 heavy (non-hydrogen) atoms. The number of carbonyl (C=O) groups excluding carboxylic acids is 2. The lowest BCUT2D eigenvalue weighted by atomic mass is 10.5. The van der Waals surface area contributed by atoms with Crippen molar-refractivity contribution in [3.63, 3.8) is 0 Å². The van der Waals surface area contributed by atoms with Gasteiger partial charge in [-0.3, -0.25) is 0 Å². The maximum Gasteiger partial charge on any atom is 0.0542 e. The van der Waals surface area contributed by atoms with Gasteiger partial charge in [0.1, 0.15) is 0 Å². The molecule has 0 unspecified atom stereocenters. The van der Waals surface area contributed by atoms with Crippen LogP contribution in [0.5, 0.6) is 0 Å². The Labute approximate surface area is 85.1 Å². The van der Waals surface area contributed by atoms with Crippen LogP contribution in [0.15, 0.2) is 0 Å². The van der Waals surface area contributed by atoms with Crippen LogP contribution in [-0.2, 0) is 9.59 Å². The Morgan fingerprint density at radius 2 is 1.38 bits per heavy atom. The van der Waals surface area contributed by atoms with E-state index in [0.29, 0.717) is 5.08 Å². The summed E-state index contributed by atoms with van der Waals surface area (Å²) in [5, 5.41) is 19.7. The number of aliphatic carboxylic acids is 2. The summed E-state index contributed by atoms with van der Waals surface area (Å²) < 4.78 is 0. The van der Waals surface area contributed by atoms with Crippen molar-refractivity contribution in [2.24, 2.45) is 0 Å². The van der Waals surface area contributed by atoms with Crippen molar-refractivity contribution < 1.29 is 19.8 Å². The number of hydrogen-bond donors (Lipinski definition) is 0. The fourth-order valence-corrected chi connectivity index (χ4v) is 2.60. The first kappa shape index (κ1) is 12.6. The predicted molar refractivity (Wildman–Crippen MR) is 49.0 cm³/mol. The van der Waals surface area contributed by atoms with Gasteiger partial charge in [0.2, 0.25) is 0 Å². The molecule has 0 rings (SSSR count). The molecule has 4 nitrogen and oxygen atoms in total. The summed E-state index contributed by atoms with van der Waals surface area (Å²) in [5.41, 5.74) is 0. The van der Waals surface area contributed by atoms with Crippen LogP contribution in [0.1, 0.15) is 13.8 Å². The molecule has 6 heteroatoms. The van der Waals surface area contributed by atoms with Gasteiger partial charge >= 0.3 is 0 Å². The van der Waals surface area contributed by atoms with Crippen LogP contribution < -0.4 is 10.2 Å². The predicted octanol–water partition coefficient (Wildman–Crippen LogP) is -1.31. The smallest absolute Gasteiger partial charge is 0.0542 e. The van der Waals surface area contributed by atoms with Gasteiger partial charge in [-0.1, -0.05) is 0 Å². The molecule has 0 radical (unpaired) electrons. The Bertz CT molecular complexity index is 175. The molecule has 0 aliphatic heterocycles. The van der Waals surface area contributed by atoms with Gasteiger partial charge in [-0.05, 0) is 13.8 Å².